The molecule has 0 aliphatic carbocycles. The summed E-state index contributed by atoms with van der Waals surface area (Å²) >= 11 is 3.48. The first-order valence-electron chi connectivity index (χ1n) is 6.34. The highest BCUT2D eigenvalue weighted by Gasteiger charge is 2.23. The van der Waals surface area contributed by atoms with Gasteiger partial charge in [0.2, 0.25) is 0 Å². The topological polar surface area (TPSA) is 32.3 Å². The number of benzene rings is 1. The van der Waals surface area contributed by atoms with Crippen molar-refractivity contribution in [1.29, 1.82) is 0 Å². The molecule has 3 nitrogen and oxygen atoms in total. The first kappa shape index (κ1) is 13.6. The summed E-state index contributed by atoms with van der Waals surface area (Å²) < 4.78 is 0.993. The lowest BCUT2D eigenvalue weighted by atomic mass is 10.0. The highest BCUT2D eigenvalue weighted by Crippen LogP contribution is 2.22. The largest absolute Gasteiger partial charge is 0.339 e. The summed E-state index contributed by atoms with van der Waals surface area (Å²) in [5.41, 5.74) is 1.81. The van der Waals surface area contributed by atoms with Gasteiger partial charge >= 0.3 is 0 Å². The van der Waals surface area contributed by atoms with Gasteiger partial charge in [-0.1, -0.05) is 22.0 Å². The molecule has 1 aliphatic heterocycles. The average Bonchev–Trinajstić information content (AvgIpc) is 2.41. The maximum Gasteiger partial charge on any atom is 0.254 e. The van der Waals surface area contributed by atoms with Crippen molar-refractivity contribution in [3.05, 3.63) is 33.8 Å². The first-order valence-corrected chi connectivity index (χ1v) is 7.13. The lowest BCUT2D eigenvalue weighted by molar-refractivity contribution is 0.0702. The van der Waals surface area contributed by atoms with Crippen molar-refractivity contribution in [2.24, 2.45) is 0 Å². The van der Waals surface area contributed by atoms with Crippen molar-refractivity contribution >= 4 is 21.8 Å². The molecule has 98 valence electrons. The second-order valence-corrected chi connectivity index (χ2v) is 5.66. The number of carbonyl (C=O) groups is 1. The summed E-state index contributed by atoms with van der Waals surface area (Å²) in [6.45, 7) is 3.98. The van der Waals surface area contributed by atoms with Crippen molar-refractivity contribution in [1.82, 2.24) is 10.2 Å². The fraction of sp³-hybridized carbons (Fsp3) is 0.500. The van der Waals surface area contributed by atoms with E-state index >= 15 is 0 Å². The van der Waals surface area contributed by atoms with Gasteiger partial charge in [-0.15, -0.1) is 0 Å². The quantitative estimate of drug-likeness (QED) is 0.910. The summed E-state index contributed by atoms with van der Waals surface area (Å²) in [5, 5.41) is 3.32. The highest BCUT2D eigenvalue weighted by atomic mass is 79.9. The highest BCUT2D eigenvalue weighted by molar-refractivity contribution is 9.10. The minimum Gasteiger partial charge on any atom is -0.339 e. The van der Waals surface area contributed by atoms with Crippen LogP contribution in [0.5, 0.6) is 0 Å². The smallest absolute Gasteiger partial charge is 0.254 e. The number of nitrogens with one attached hydrogen (secondary N) is 1. The average molecular weight is 311 g/mol. The minimum absolute atomic E-state index is 0.126. The van der Waals surface area contributed by atoms with E-state index in [0.29, 0.717) is 6.04 Å². The molecule has 4 heteroatoms. The summed E-state index contributed by atoms with van der Waals surface area (Å²) in [6, 6.07) is 6.15. The molecule has 18 heavy (non-hydrogen) atoms. The van der Waals surface area contributed by atoms with E-state index in [1.807, 2.05) is 37.1 Å². The SMILES string of the molecule is Cc1c(Br)cccc1C(=O)N(C)C1CCNCC1. The Balaban J connectivity index is 2.17. The van der Waals surface area contributed by atoms with E-state index < -0.39 is 0 Å². The van der Waals surface area contributed by atoms with E-state index in [0.717, 1.165) is 41.5 Å². The van der Waals surface area contributed by atoms with E-state index in [-0.39, 0.29) is 5.91 Å². The fourth-order valence-electron chi connectivity index (χ4n) is 2.39. The Morgan fingerprint density at radius 2 is 2.06 bits per heavy atom. The van der Waals surface area contributed by atoms with Crippen LogP contribution in [0.4, 0.5) is 0 Å². The molecule has 0 aromatic heterocycles. The van der Waals surface area contributed by atoms with Gasteiger partial charge in [0, 0.05) is 23.1 Å². The predicted molar refractivity (Wildman–Crippen MR) is 76.9 cm³/mol. The molecule has 1 aromatic carbocycles. The normalized spacial score (nSPS) is 16.6. The lowest BCUT2D eigenvalue weighted by Gasteiger charge is -2.32. The molecule has 1 fully saturated rings. The summed E-state index contributed by atoms with van der Waals surface area (Å²) in [7, 11) is 1.92. The van der Waals surface area contributed by atoms with Crippen molar-refractivity contribution in [3.63, 3.8) is 0 Å². The van der Waals surface area contributed by atoms with Crippen LogP contribution in [0.25, 0.3) is 0 Å². The van der Waals surface area contributed by atoms with Crippen molar-refractivity contribution in [3.8, 4) is 0 Å². The molecule has 1 amide bonds. The summed E-state index contributed by atoms with van der Waals surface area (Å²) in [6.07, 6.45) is 2.07. The van der Waals surface area contributed by atoms with Gasteiger partial charge in [-0.25, -0.2) is 0 Å². The van der Waals surface area contributed by atoms with Crippen LogP contribution in [0.3, 0.4) is 0 Å². The molecule has 0 unspecified atom stereocenters. The minimum atomic E-state index is 0.126. The Morgan fingerprint density at radius 1 is 1.39 bits per heavy atom. The molecule has 1 aromatic rings. The summed E-state index contributed by atoms with van der Waals surface area (Å²) in [5.74, 6) is 0.126. The molecule has 0 atom stereocenters. The van der Waals surface area contributed by atoms with E-state index in [2.05, 4.69) is 21.2 Å². The van der Waals surface area contributed by atoms with Gasteiger partial charge in [0.1, 0.15) is 0 Å². The third-order valence-electron chi connectivity index (χ3n) is 3.67. The molecule has 1 N–H and O–H groups in total. The van der Waals surface area contributed by atoms with Gasteiger partial charge in [0.15, 0.2) is 0 Å². The Labute approximate surface area is 117 Å². The summed E-state index contributed by atoms with van der Waals surface area (Å²) in [4.78, 5) is 14.4. The zero-order chi connectivity index (χ0) is 13.1. The second-order valence-electron chi connectivity index (χ2n) is 4.81. The number of hydrogen-bond donors (Lipinski definition) is 1. The van der Waals surface area contributed by atoms with Crippen molar-refractivity contribution < 1.29 is 4.79 Å². The molecular formula is C14H19BrN2O. The van der Waals surface area contributed by atoms with Gasteiger partial charge in [0.25, 0.3) is 5.91 Å². The second kappa shape index (κ2) is 5.85. The Morgan fingerprint density at radius 3 is 2.72 bits per heavy atom. The molecule has 1 aliphatic rings. The van der Waals surface area contributed by atoms with Crippen LogP contribution < -0.4 is 5.32 Å². The van der Waals surface area contributed by atoms with E-state index in [4.69, 9.17) is 0 Å². The third-order valence-corrected chi connectivity index (χ3v) is 4.53. The van der Waals surface area contributed by atoms with Crippen LogP contribution >= 0.6 is 15.9 Å². The van der Waals surface area contributed by atoms with E-state index in [9.17, 15) is 4.79 Å². The Kier molecular flexibility index (Phi) is 4.40. The number of rotatable bonds is 2. The Bertz CT molecular complexity index is 441. The lowest BCUT2D eigenvalue weighted by Crippen LogP contribution is -2.44. The molecule has 2 rings (SSSR count). The third kappa shape index (κ3) is 2.75. The number of hydrogen-bond acceptors (Lipinski definition) is 2. The Hall–Kier alpha value is -0.870. The van der Waals surface area contributed by atoms with Gasteiger partial charge in [-0.3, -0.25) is 4.79 Å². The van der Waals surface area contributed by atoms with Crippen molar-refractivity contribution in [2.45, 2.75) is 25.8 Å². The van der Waals surface area contributed by atoms with E-state index in [1.165, 1.54) is 0 Å². The standard InChI is InChI=1S/C14H19BrN2O/c1-10-12(4-3-5-13(10)15)14(18)17(2)11-6-8-16-9-7-11/h3-5,11,16H,6-9H2,1-2H3. The molecule has 1 saturated heterocycles. The molecule has 0 bridgehead atoms. The maximum atomic E-state index is 12.5. The van der Waals surface area contributed by atoms with Gasteiger partial charge in [0.05, 0.1) is 0 Å². The number of carbonyl (C=O) groups excluding carboxylic acids is 1. The van der Waals surface area contributed by atoms with Crippen LogP contribution in [0, 0.1) is 6.92 Å². The number of amides is 1. The monoisotopic (exact) mass is 310 g/mol. The maximum absolute atomic E-state index is 12.5. The predicted octanol–water partition coefficient (Wildman–Crippen LogP) is 2.58. The molecule has 1 heterocycles. The van der Waals surface area contributed by atoms with Gasteiger partial charge < -0.3 is 10.2 Å². The molecular weight excluding hydrogens is 292 g/mol. The van der Waals surface area contributed by atoms with Crippen LogP contribution in [0.2, 0.25) is 0 Å². The zero-order valence-corrected chi connectivity index (χ0v) is 12.5. The molecule has 0 spiro atoms. The van der Waals surface area contributed by atoms with Crippen LogP contribution in [0.15, 0.2) is 22.7 Å². The fourth-order valence-corrected chi connectivity index (χ4v) is 2.76. The van der Waals surface area contributed by atoms with Crippen molar-refractivity contribution in [2.75, 3.05) is 20.1 Å². The molecule has 0 radical (unpaired) electrons. The van der Waals surface area contributed by atoms with E-state index in [1.54, 1.807) is 0 Å². The first-order chi connectivity index (χ1) is 8.61. The molecule has 0 saturated carbocycles. The zero-order valence-electron chi connectivity index (χ0n) is 10.9. The van der Waals surface area contributed by atoms with Crippen LogP contribution in [0.1, 0.15) is 28.8 Å². The number of halogens is 1. The van der Waals surface area contributed by atoms with Crippen LogP contribution in [-0.4, -0.2) is 37.0 Å². The van der Waals surface area contributed by atoms with Gasteiger partial charge in [-0.2, -0.15) is 0 Å². The number of nitrogens with zero attached hydrogens (tertiary/aromatic N) is 1. The van der Waals surface area contributed by atoms with Crippen LogP contribution in [-0.2, 0) is 0 Å². The number of piperidine rings is 1. The van der Waals surface area contributed by atoms with Gasteiger partial charge in [-0.05, 0) is 50.6 Å².